The highest BCUT2D eigenvalue weighted by atomic mass is 16.5. The van der Waals surface area contributed by atoms with E-state index in [9.17, 15) is 9.59 Å². The SMILES string of the molecule is CC(=O)c1cccc(OCC(=O)NC2CCCCCC2)c1. The van der Waals surface area contributed by atoms with Gasteiger partial charge in [-0.15, -0.1) is 0 Å². The maximum Gasteiger partial charge on any atom is 0.258 e. The second-order valence-corrected chi connectivity index (χ2v) is 5.63. The molecule has 1 aliphatic carbocycles. The van der Waals surface area contributed by atoms with Gasteiger partial charge in [0.15, 0.2) is 12.4 Å². The van der Waals surface area contributed by atoms with Crippen LogP contribution >= 0.6 is 0 Å². The van der Waals surface area contributed by atoms with Crippen molar-refractivity contribution in [2.45, 2.75) is 51.5 Å². The molecule has 1 N–H and O–H groups in total. The van der Waals surface area contributed by atoms with Crippen LogP contribution in [0.2, 0.25) is 0 Å². The van der Waals surface area contributed by atoms with E-state index in [4.69, 9.17) is 4.74 Å². The fourth-order valence-corrected chi connectivity index (χ4v) is 2.65. The zero-order chi connectivity index (χ0) is 15.1. The summed E-state index contributed by atoms with van der Waals surface area (Å²) in [5, 5.41) is 3.04. The molecule has 1 aromatic carbocycles. The first-order valence-corrected chi connectivity index (χ1v) is 7.68. The molecule has 0 aromatic heterocycles. The van der Waals surface area contributed by atoms with Crippen LogP contribution in [0.1, 0.15) is 55.8 Å². The van der Waals surface area contributed by atoms with E-state index in [0.29, 0.717) is 11.3 Å². The first kappa shape index (κ1) is 15.5. The zero-order valence-corrected chi connectivity index (χ0v) is 12.6. The number of carbonyl (C=O) groups excluding carboxylic acids is 2. The lowest BCUT2D eigenvalue weighted by atomic mass is 10.1. The van der Waals surface area contributed by atoms with Crippen LogP contribution in [0.3, 0.4) is 0 Å². The quantitative estimate of drug-likeness (QED) is 0.669. The standard InChI is InChI=1S/C17H23NO3/c1-13(19)14-7-6-10-16(11-14)21-12-17(20)18-15-8-4-2-3-5-9-15/h6-7,10-11,15H,2-5,8-9,12H2,1H3,(H,18,20). The van der Waals surface area contributed by atoms with Crippen LogP contribution < -0.4 is 10.1 Å². The second kappa shape index (κ2) is 7.81. The highest BCUT2D eigenvalue weighted by molar-refractivity contribution is 5.94. The Labute approximate surface area is 125 Å². The molecule has 1 aliphatic rings. The van der Waals surface area contributed by atoms with Crippen LogP contribution in [0.25, 0.3) is 0 Å². The number of Topliss-reactive ketones (excluding diaryl/α,β-unsaturated/α-hetero) is 1. The number of nitrogens with one attached hydrogen (secondary N) is 1. The molecule has 4 heteroatoms. The number of ketones is 1. The Hall–Kier alpha value is -1.84. The number of benzene rings is 1. The summed E-state index contributed by atoms with van der Waals surface area (Å²) in [5.41, 5.74) is 0.594. The smallest absolute Gasteiger partial charge is 0.258 e. The Morgan fingerprint density at radius 3 is 2.57 bits per heavy atom. The minimum absolute atomic E-state index is 0.00212. The average molecular weight is 289 g/mol. The molecule has 0 atom stereocenters. The van der Waals surface area contributed by atoms with E-state index in [-0.39, 0.29) is 24.3 Å². The molecule has 0 spiro atoms. The predicted octanol–water partition coefficient (Wildman–Crippen LogP) is 3.11. The van der Waals surface area contributed by atoms with Crippen molar-refractivity contribution in [2.75, 3.05) is 6.61 Å². The van der Waals surface area contributed by atoms with Crippen LogP contribution in [0.15, 0.2) is 24.3 Å². The van der Waals surface area contributed by atoms with Crippen LogP contribution in [-0.2, 0) is 4.79 Å². The van der Waals surface area contributed by atoms with Gasteiger partial charge in [-0.05, 0) is 31.9 Å². The van der Waals surface area contributed by atoms with Crippen LogP contribution in [0.5, 0.6) is 5.75 Å². The number of carbonyl (C=O) groups is 2. The predicted molar refractivity (Wildman–Crippen MR) is 81.6 cm³/mol. The molecule has 0 unspecified atom stereocenters. The lowest BCUT2D eigenvalue weighted by Gasteiger charge is -2.16. The summed E-state index contributed by atoms with van der Waals surface area (Å²) in [7, 11) is 0. The maximum absolute atomic E-state index is 11.9. The molecule has 1 amide bonds. The van der Waals surface area contributed by atoms with E-state index in [1.165, 1.54) is 32.6 Å². The van der Waals surface area contributed by atoms with Gasteiger partial charge in [0.05, 0.1) is 0 Å². The van der Waals surface area contributed by atoms with Crippen molar-refractivity contribution in [3.05, 3.63) is 29.8 Å². The van der Waals surface area contributed by atoms with E-state index >= 15 is 0 Å². The highest BCUT2D eigenvalue weighted by Gasteiger charge is 2.15. The van der Waals surface area contributed by atoms with Gasteiger partial charge in [0.1, 0.15) is 5.75 Å². The summed E-state index contributed by atoms with van der Waals surface area (Å²) < 4.78 is 5.47. The van der Waals surface area contributed by atoms with Gasteiger partial charge in [-0.3, -0.25) is 9.59 Å². The van der Waals surface area contributed by atoms with E-state index < -0.39 is 0 Å². The molecule has 1 aromatic rings. The molecule has 4 nitrogen and oxygen atoms in total. The van der Waals surface area contributed by atoms with Gasteiger partial charge in [0.2, 0.25) is 0 Å². The summed E-state index contributed by atoms with van der Waals surface area (Å²) >= 11 is 0. The van der Waals surface area contributed by atoms with Crippen molar-refractivity contribution >= 4 is 11.7 Å². The fourth-order valence-electron chi connectivity index (χ4n) is 2.65. The molecule has 2 rings (SSSR count). The monoisotopic (exact) mass is 289 g/mol. The van der Waals surface area contributed by atoms with E-state index in [1.807, 2.05) is 0 Å². The van der Waals surface area contributed by atoms with Gasteiger partial charge in [-0.25, -0.2) is 0 Å². The summed E-state index contributed by atoms with van der Waals surface area (Å²) in [5.74, 6) is 0.456. The third kappa shape index (κ3) is 5.21. The average Bonchev–Trinajstić information content (AvgIpc) is 2.74. The van der Waals surface area contributed by atoms with Crippen molar-refractivity contribution < 1.29 is 14.3 Å². The molecule has 0 aliphatic heterocycles. The molecule has 1 fully saturated rings. The Morgan fingerprint density at radius 1 is 1.19 bits per heavy atom. The van der Waals surface area contributed by atoms with Gasteiger partial charge in [-0.2, -0.15) is 0 Å². The minimum Gasteiger partial charge on any atom is -0.484 e. The van der Waals surface area contributed by atoms with Gasteiger partial charge in [0, 0.05) is 11.6 Å². The molecular weight excluding hydrogens is 266 g/mol. The Balaban J connectivity index is 1.80. The van der Waals surface area contributed by atoms with Crippen molar-refractivity contribution in [1.29, 1.82) is 0 Å². The third-order valence-electron chi connectivity index (χ3n) is 3.83. The van der Waals surface area contributed by atoms with Crippen molar-refractivity contribution in [1.82, 2.24) is 5.32 Å². The Kier molecular flexibility index (Phi) is 5.78. The van der Waals surface area contributed by atoms with Crippen LogP contribution in [-0.4, -0.2) is 24.3 Å². The molecule has 0 bridgehead atoms. The zero-order valence-electron chi connectivity index (χ0n) is 12.6. The number of amides is 1. The van der Waals surface area contributed by atoms with E-state index in [1.54, 1.807) is 24.3 Å². The third-order valence-corrected chi connectivity index (χ3v) is 3.83. The Morgan fingerprint density at radius 2 is 1.90 bits per heavy atom. The van der Waals surface area contributed by atoms with Crippen molar-refractivity contribution in [3.63, 3.8) is 0 Å². The van der Waals surface area contributed by atoms with Crippen molar-refractivity contribution in [3.8, 4) is 5.75 Å². The summed E-state index contributed by atoms with van der Waals surface area (Å²) in [6.07, 6.45) is 7.03. The lowest BCUT2D eigenvalue weighted by Crippen LogP contribution is -2.37. The molecular formula is C17H23NO3. The normalized spacial score (nSPS) is 16.0. The maximum atomic E-state index is 11.9. The second-order valence-electron chi connectivity index (χ2n) is 5.63. The molecule has 1 saturated carbocycles. The van der Waals surface area contributed by atoms with E-state index in [0.717, 1.165) is 12.8 Å². The number of ether oxygens (including phenoxy) is 1. The largest absolute Gasteiger partial charge is 0.484 e. The number of hydrogen-bond acceptors (Lipinski definition) is 3. The minimum atomic E-state index is -0.0878. The fraction of sp³-hybridized carbons (Fsp3) is 0.529. The van der Waals surface area contributed by atoms with Gasteiger partial charge in [-0.1, -0.05) is 37.8 Å². The van der Waals surface area contributed by atoms with Gasteiger partial charge >= 0.3 is 0 Å². The lowest BCUT2D eigenvalue weighted by molar-refractivity contribution is -0.123. The summed E-state index contributed by atoms with van der Waals surface area (Å²) in [4.78, 5) is 23.2. The molecule has 0 heterocycles. The highest BCUT2D eigenvalue weighted by Crippen LogP contribution is 2.17. The number of rotatable bonds is 5. The first-order chi connectivity index (χ1) is 10.1. The van der Waals surface area contributed by atoms with Crippen LogP contribution in [0.4, 0.5) is 0 Å². The molecule has 21 heavy (non-hydrogen) atoms. The van der Waals surface area contributed by atoms with Crippen molar-refractivity contribution in [2.24, 2.45) is 0 Å². The number of hydrogen-bond donors (Lipinski definition) is 1. The summed E-state index contributed by atoms with van der Waals surface area (Å²) in [6.45, 7) is 1.51. The van der Waals surface area contributed by atoms with Gasteiger partial charge in [0.25, 0.3) is 5.91 Å². The summed E-state index contributed by atoms with van der Waals surface area (Å²) in [6, 6.07) is 7.20. The molecule has 0 saturated heterocycles. The Bertz CT molecular complexity index is 491. The molecule has 114 valence electrons. The first-order valence-electron chi connectivity index (χ1n) is 7.68. The van der Waals surface area contributed by atoms with Gasteiger partial charge < -0.3 is 10.1 Å². The molecule has 0 radical (unpaired) electrons. The van der Waals surface area contributed by atoms with Crippen LogP contribution in [0, 0.1) is 0 Å². The topological polar surface area (TPSA) is 55.4 Å². The van der Waals surface area contributed by atoms with E-state index in [2.05, 4.69) is 5.32 Å².